The van der Waals surface area contributed by atoms with Crippen molar-refractivity contribution in [1.82, 2.24) is 0 Å². The predicted molar refractivity (Wildman–Crippen MR) is 78.7 cm³/mol. The first-order valence-corrected chi connectivity index (χ1v) is 6.65. The Balaban J connectivity index is 2.99. The van der Waals surface area contributed by atoms with E-state index in [9.17, 15) is 10.1 Å². The molecule has 0 N–H and O–H groups in total. The summed E-state index contributed by atoms with van der Waals surface area (Å²) in [6, 6.07) is 4.93. The molecule has 112 valence electrons. The van der Waals surface area contributed by atoms with E-state index in [1.165, 1.54) is 6.07 Å². The number of nitro groups is 1. The highest BCUT2D eigenvalue weighted by atomic mass is 35.5. The third-order valence-corrected chi connectivity index (χ3v) is 3.14. The fourth-order valence-electron chi connectivity index (χ4n) is 1.89. The summed E-state index contributed by atoms with van der Waals surface area (Å²) in [6.07, 6.45) is 0.768. The van der Waals surface area contributed by atoms with E-state index in [2.05, 4.69) is 0 Å². The standard InChI is InChI=1S/C13H19ClN2O4/c1-19-9-4-7-15(8-10-20-2)12-6-3-5-11(14)13(12)16(17)18/h3,5-6H,4,7-10H2,1-2H3. The molecule has 6 nitrogen and oxygen atoms in total. The zero-order valence-corrected chi connectivity index (χ0v) is 12.4. The lowest BCUT2D eigenvalue weighted by Crippen LogP contribution is -2.29. The number of hydrogen-bond donors (Lipinski definition) is 0. The molecule has 0 amide bonds. The first-order chi connectivity index (χ1) is 9.61. The number of anilines is 1. The van der Waals surface area contributed by atoms with Crippen molar-refractivity contribution in [3.63, 3.8) is 0 Å². The molecule has 20 heavy (non-hydrogen) atoms. The minimum Gasteiger partial charge on any atom is -0.385 e. The molecule has 0 saturated carbocycles. The van der Waals surface area contributed by atoms with Crippen LogP contribution in [-0.2, 0) is 9.47 Å². The molecule has 0 spiro atoms. The molecule has 0 saturated heterocycles. The van der Waals surface area contributed by atoms with E-state index in [-0.39, 0.29) is 10.7 Å². The average Bonchev–Trinajstić information content (AvgIpc) is 2.42. The van der Waals surface area contributed by atoms with E-state index in [4.69, 9.17) is 21.1 Å². The molecule has 7 heteroatoms. The van der Waals surface area contributed by atoms with Gasteiger partial charge in [-0.15, -0.1) is 0 Å². The van der Waals surface area contributed by atoms with Gasteiger partial charge in [0.1, 0.15) is 10.7 Å². The van der Waals surface area contributed by atoms with E-state index in [1.807, 2.05) is 4.90 Å². The van der Waals surface area contributed by atoms with Gasteiger partial charge in [-0.05, 0) is 18.6 Å². The molecule has 0 atom stereocenters. The van der Waals surface area contributed by atoms with Crippen LogP contribution < -0.4 is 4.90 Å². The van der Waals surface area contributed by atoms with Crippen molar-refractivity contribution in [2.24, 2.45) is 0 Å². The van der Waals surface area contributed by atoms with Crippen molar-refractivity contribution < 1.29 is 14.4 Å². The maximum absolute atomic E-state index is 11.2. The van der Waals surface area contributed by atoms with Gasteiger partial charge in [-0.25, -0.2) is 0 Å². The molecule has 1 aromatic carbocycles. The lowest BCUT2D eigenvalue weighted by molar-refractivity contribution is -0.384. The summed E-state index contributed by atoms with van der Waals surface area (Å²) in [7, 11) is 3.22. The molecule has 0 aliphatic rings. The highest BCUT2D eigenvalue weighted by Gasteiger charge is 2.22. The SMILES string of the molecule is COCCCN(CCOC)c1cccc(Cl)c1[N+](=O)[O-]. The Kier molecular flexibility index (Phi) is 7.28. The maximum atomic E-state index is 11.2. The smallest absolute Gasteiger partial charge is 0.310 e. The number of ether oxygens (including phenoxy) is 2. The second-order valence-corrected chi connectivity index (χ2v) is 4.60. The quantitative estimate of drug-likeness (QED) is 0.399. The van der Waals surface area contributed by atoms with Gasteiger partial charge in [0, 0.05) is 33.9 Å². The predicted octanol–water partition coefficient (Wildman–Crippen LogP) is 2.74. The topological polar surface area (TPSA) is 64.8 Å². The number of para-hydroxylation sites is 1. The highest BCUT2D eigenvalue weighted by molar-refractivity contribution is 6.33. The fraction of sp³-hybridized carbons (Fsp3) is 0.538. The van der Waals surface area contributed by atoms with Crippen LogP contribution in [0.2, 0.25) is 5.02 Å². The molecule has 0 aliphatic carbocycles. The zero-order valence-electron chi connectivity index (χ0n) is 11.7. The molecular weight excluding hydrogens is 284 g/mol. The van der Waals surface area contributed by atoms with Crippen LogP contribution >= 0.6 is 11.6 Å². The van der Waals surface area contributed by atoms with Crippen molar-refractivity contribution in [3.8, 4) is 0 Å². The van der Waals surface area contributed by atoms with E-state index in [0.29, 0.717) is 32.0 Å². The number of hydrogen-bond acceptors (Lipinski definition) is 5. The summed E-state index contributed by atoms with van der Waals surface area (Å²) in [5.74, 6) is 0. The molecule has 0 radical (unpaired) electrons. The van der Waals surface area contributed by atoms with Gasteiger partial charge in [0.05, 0.1) is 11.5 Å². The molecular formula is C13H19ClN2O4. The Morgan fingerprint density at radius 3 is 2.55 bits per heavy atom. The third-order valence-electron chi connectivity index (χ3n) is 2.83. The van der Waals surface area contributed by atoms with Gasteiger partial charge in [-0.2, -0.15) is 0 Å². The van der Waals surface area contributed by atoms with Crippen LogP contribution in [0.3, 0.4) is 0 Å². The van der Waals surface area contributed by atoms with Crippen LogP contribution in [-0.4, -0.2) is 45.4 Å². The molecule has 0 fully saturated rings. The summed E-state index contributed by atoms with van der Waals surface area (Å²) in [5, 5.41) is 11.3. The number of nitrogens with zero attached hydrogens (tertiary/aromatic N) is 2. The molecule has 0 bridgehead atoms. The zero-order chi connectivity index (χ0) is 15.0. The van der Waals surface area contributed by atoms with Crippen molar-refractivity contribution in [2.75, 3.05) is 45.4 Å². The first kappa shape index (κ1) is 16.7. The van der Waals surface area contributed by atoms with Crippen molar-refractivity contribution in [2.45, 2.75) is 6.42 Å². The van der Waals surface area contributed by atoms with Gasteiger partial charge >= 0.3 is 5.69 Å². The van der Waals surface area contributed by atoms with E-state index in [1.54, 1.807) is 26.4 Å². The molecule has 0 heterocycles. The molecule has 1 rings (SSSR count). The summed E-state index contributed by atoms with van der Waals surface area (Å²) in [6.45, 7) is 2.27. The van der Waals surface area contributed by atoms with Crippen LogP contribution in [0.1, 0.15) is 6.42 Å². The van der Waals surface area contributed by atoms with Crippen molar-refractivity contribution >= 4 is 23.0 Å². The lowest BCUT2D eigenvalue weighted by atomic mass is 10.2. The minimum atomic E-state index is -0.451. The Labute approximate surface area is 123 Å². The Hall–Kier alpha value is -1.37. The summed E-state index contributed by atoms with van der Waals surface area (Å²) in [4.78, 5) is 12.6. The van der Waals surface area contributed by atoms with E-state index >= 15 is 0 Å². The maximum Gasteiger partial charge on any atom is 0.310 e. The third kappa shape index (κ3) is 4.63. The molecule has 0 unspecified atom stereocenters. The van der Waals surface area contributed by atoms with Crippen molar-refractivity contribution in [1.29, 1.82) is 0 Å². The number of benzene rings is 1. The van der Waals surface area contributed by atoms with Gasteiger partial charge < -0.3 is 14.4 Å². The number of halogens is 1. The Morgan fingerprint density at radius 1 is 1.25 bits per heavy atom. The monoisotopic (exact) mass is 302 g/mol. The van der Waals surface area contributed by atoms with Crippen molar-refractivity contribution in [3.05, 3.63) is 33.3 Å². The highest BCUT2D eigenvalue weighted by Crippen LogP contribution is 2.34. The summed E-state index contributed by atoms with van der Waals surface area (Å²) >= 11 is 5.94. The number of rotatable bonds is 9. The van der Waals surface area contributed by atoms with Crippen LogP contribution in [0, 0.1) is 10.1 Å². The Morgan fingerprint density at radius 2 is 1.95 bits per heavy atom. The lowest BCUT2D eigenvalue weighted by Gasteiger charge is -2.24. The number of methoxy groups -OCH3 is 2. The number of nitro benzene ring substituents is 1. The van der Waals surface area contributed by atoms with Crippen LogP contribution in [0.4, 0.5) is 11.4 Å². The molecule has 0 aromatic heterocycles. The van der Waals surface area contributed by atoms with Crippen LogP contribution in [0.5, 0.6) is 0 Å². The van der Waals surface area contributed by atoms with Crippen LogP contribution in [0.15, 0.2) is 18.2 Å². The normalized spacial score (nSPS) is 10.6. The second-order valence-electron chi connectivity index (χ2n) is 4.19. The molecule has 0 aliphatic heterocycles. The van der Waals surface area contributed by atoms with Gasteiger partial charge in [0.25, 0.3) is 0 Å². The molecule has 1 aromatic rings. The Bertz CT molecular complexity index is 442. The second kappa shape index (κ2) is 8.73. The summed E-state index contributed by atoms with van der Waals surface area (Å²) in [5.41, 5.74) is 0.443. The van der Waals surface area contributed by atoms with E-state index < -0.39 is 4.92 Å². The van der Waals surface area contributed by atoms with E-state index in [0.717, 1.165) is 6.42 Å². The largest absolute Gasteiger partial charge is 0.385 e. The summed E-state index contributed by atoms with van der Waals surface area (Å²) < 4.78 is 10.1. The average molecular weight is 303 g/mol. The minimum absolute atomic E-state index is 0.0670. The van der Waals surface area contributed by atoms with Gasteiger partial charge in [-0.3, -0.25) is 10.1 Å². The van der Waals surface area contributed by atoms with Gasteiger partial charge in [-0.1, -0.05) is 17.7 Å². The fourth-order valence-corrected chi connectivity index (χ4v) is 2.13. The first-order valence-electron chi connectivity index (χ1n) is 6.27. The van der Waals surface area contributed by atoms with Gasteiger partial charge in [0.2, 0.25) is 0 Å². The van der Waals surface area contributed by atoms with Crippen LogP contribution in [0.25, 0.3) is 0 Å². The van der Waals surface area contributed by atoms with Gasteiger partial charge in [0.15, 0.2) is 0 Å².